The van der Waals surface area contributed by atoms with Crippen molar-refractivity contribution in [2.45, 2.75) is 33.7 Å². The molecule has 1 aromatic heterocycles. The van der Waals surface area contributed by atoms with E-state index in [1.807, 2.05) is 56.3 Å². The van der Waals surface area contributed by atoms with Crippen molar-refractivity contribution in [3.8, 4) is 17.2 Å². The van der Waals surface area contributed by atoms with Gasteiger partial charge in [-0.2, -0.15) is 0 Å². The maximum absolute atomic E-state index is 14.0. The van der Waals surface area contributed by atoms with E-state index >= 15 is 0 Å². The third-order valence-electron chi connectivity index (χ3n) is 6.62. The van der Waals surface area contributed by atoms with Crippen LogP contribution in [-0.4, -0.2) is 29.7 Å². The number of carbonyl (C=O) groups excluding carboxylic acids is 2. The van der Waals surface area contributed by atoms with Gasteiger partial charge < -0.3 is 19.5 Å². The van der Waals surface area contributed by atoms with E-state index in [0.717, 1.165) is 5.56 Å². The molecular formula is C33H31N3O6S. The first-order chi connectivity index (χ1) is 20.8. The van der Waals surface area contributed by atoms with Gasteiger partial charge in [0, 0.05) is 12.6 Å². The number of esters is 1. The summed E-state index contributed by atoms with van der Waals surface area (Å²) in [6.07, 6.45) is 1.74. The number of hydrogen-bond acceptors (Lipinski definition) is 8. The third kappa shape index (κ3) is 6.44. The monoisotopic (exact) mass is 597 g/mol. The Balaban J connectivity index is 1.63. The van der Waals surface area contributed by atoms with Crippen LogP contribution in [0.5, 0.6) is 17.2 Å². The van der Waals surface area contributed by atoms with Gasteiger partial charge in [-0.3, -0.25) is 19.0 Å². The van der Waals surface area contributed by atoms with Crippen molar-refractivity contribution in [3.63, 3.8) is 0 Å². The minimum absolute atomic E-state index is 0.290. The van der Waals surface area contributed by atoms with E-state index in [0.29, 0.717) is 62.3 Å². The maximum atomic E-state index is 14.0. The van der Waals surface area contributed by atoms with Crippen LogP contribution in [0.25, 0.3) is 6.08 Å². The predicted octanol–water partition coefficient (Wildman–Crippen LogP) is 4.60. The molecule has 1 aliphatic heterocycles. The zero-order valence-corrected chi connectivity index (χ0v) is 25.1. The summed E-state index contributed by atoms with van der Waals surface area (Å²) in [5.41, 5.74) is 2.66. The number of allylic oxidation sites excluding steroid dienone is 1. The highest BCUT2D eigenvalue weighted by Gasteiger charge is 2.32. The molecule has 0 aliphatic carbocycles. The van der Waals surface area contributed by atoms with Crippen molar-refractivity contribution in [3.05, 3.63) is 115 Å². The molecule has 10 heteroatoms. The van der Waals surface area contributed by atoms with Gasteiger partial charge in [-0.1, -0.05) is 47.7 Å². The first-order valence-corrected chi connectivity index (χ1v) is 14.7. The van der Waals surface area contributed by atoms with Gasteiger partial charge in [0.25, 0.3) is 11.5 Å². The van der Waals surface area contributed by atoms with E-state index < -0.39 is 12.0 Å². The summed E-state index contributed by atoms with van der Waals surface area (Å²) in [5, 5.41) is 2.96. The smallest absolute Gasteiger partial charge is 0.308 e. The van der Waals surface area contributed by atoms with Gasteiger partial charge in [-0.15, -0.1) is 0 Å². The van der Waals surface area contributed by atoms with Gasteiger partial charge in [0.05, 0.1) is 35.1 Å². The number of amides is 1. The lowest BCUT2D eigenvalue weighted by Crippen LogP contribution is -2.40. The molecule has 4 aromatic rings. The number of hydrogen-bond donors (Lipinski definition) is 1. The second-order valence-corrected chi connectivity index (χ2v) is 10.6. The molecule has 0 saturated heterocycles. The maximum Gasteiger partial charge on any atom is 0.308 e. The molecule has 0 radical (unpaired) electrons. The quantitative estimate of drug-likeness (QED) is 0.223. The predicted molar refractivity (Wildman–Crippen MR) is 165 cm³/mol. The fourth-order valence-corrected chi connectivity index (χ4v) is 5.88. The van der Waals surface area contributed by atoms with Crippen LogP contribution in [0, 0.1) is 0 Å². The molecule has 1 aliphatic rings. The lowest BCUT2D eigenvalue weighted by molar-refractivity contribution is -0.132. The normalized spacial score (nSPS) is 14.5. The van der Waals surface area contributed by atoms with E-state index in [4.69, 9.17) is 19.2 Å². The van der Waals surface area contributed by atoms with Gasteiger partial charge in [0.2, 0.25) is 0 Å². The van der Waals surface area contributed by atoms with Crippen LogP contribution in [0.1, 0.15) is 44.9 Å². The first-order valence-electron chi connectivity index (χ1n) is 13.9. The average Bonchev–Trinajstić information content (AvgIpc) is 3.28. The first kappa shape index (κ1) is 29.5. The number of carbonyl (C=O) groups is 2. The molecule has 0 spiro atoms. The van der Waals surface area contributed by atoms with Crippen LogP contribution in [0.4, 0.5) is 5.69 Å². The minimum atomic E-state index is -0.719. The number of benzene rings is 3. The lowest BCUT2D eigenvalue weighted by Gasteiger charge is -2.25. The molecule has 0 unspecified atom stereocenters. The molecule has 1 atom stereocenters. The summed E-state index contributed by atoms with van der Waals surface area (Å²) in [7, 11) is 0. The SMILES string of the molecule is CCOc1ccc([C@H]2C(C(=O)Nc3ccccc3)=C(C)N=c3s/c(=C\c4ccc(OC(C)=O)c(OCC)c4)c(=O)n32)cc1. The molecule has 9 nitrogen and oxygen atoms in total. The summed E-state index contributed by atoms with van der Waals surface area (Å²) >= 11 is 1.23. The zero-order chi connectivity index (χ0) is 30.5. The lowest BCUT2D eigenvalue weighted by atomic mass is 9.95. The van der Waals surface area contributed by atoms with Gasteiger partial charge in [-0.05, 0) is 74.4 Å². The van der Waals surface area contributed by atoms with E-state index in [2.05, 4.69) is 5.32 Å². The molecule has 220 valence electrons. The van der Waals surface area contributed by atoms with E-state index in [9.17, 15) is 14.4 Å². The van der Waals surface area contributed by atoms with Crippen LogP contribution in [0.15, 0.2) is 93.9 Å². The van der Waals surface area contributed by atoms with E-state index in [1.54, 1.807) is 47.9 Å². The number of fused-ring (bicyclic) bond motifs is 1. The van der Waals surface area contributed by atoms with Crippen molar-refractivity contribution in [2.75, 3.05) is 18.5 Å². The van der Waals surface area contributed by atoms with Gasteiger partial charge in [-0.25, -0.2) is 4.99 Å². The number of anilines is 1. The Morgan fingerprint density at radius 1 is 0.977 bits per heavy atom. The topological polar surface area (TPSA) is 108 Å². The number of nitrogens with one attached hydrogen (secondary N) is 1. The second-order valence-electron chi connectivity index (χ2n) is 9.64. The molecule has 0 fully saturated rings. The molecule has 1 amide bonds. The fourth-order valence-electron chi connectivity index (χ4n) is 4.83. The van der Waals surface area contributed by atoms with Crippen LogP contribution < -0.4 is 34.4 Å². The Labute approximate surface area is 252 Å². The van der Waals surface area contributed by atoms with Gasteiger partial charge in [0.1, 0.15) is 5.75 Å². The Bertz CT molecular complexity index is 1870. The van der Waals surface area contributed by atoms with Crippen molar-refractivity contribution in [1.82, 2.24) is 4.57 Å². The molecule has 5 rings (SSSR count). The van der Waals surface area contributed by atoms with Crippen LogP contribution in [-0.2, 0) is 9.59 Å². The molecule has 1 N–H and O–H groups in total. The Morgan fingerprint density at radius 3 is 2.37 bits per heavy atom. The van der Waals surface area contributed by atoms with Crippen molar-refractivity contribution in [1.29, 1.82) is 0 Å². The van der Waals surface area contributed by atoms with Crippen molar-refractivity contribution >= 4 is 35.0 Å². The molecule has 2 heterocycles. The van der Waals surface area contributed by atoms with Gasteiger partial charge in [0.15, 0.2) is 16.3 Å². The number of ether oxygens (including phenoxy) is 3. The highest BCUT2D eigenvalue weighted by atomic mass is 32.1. The zero-order valence-electron chi connectivity index (χ0n) is 24.2. The van der Waals surface area contributed by atoms with E-state index in [1.165, 1.54) is 18.3 Å². The highest BCUT2D eigenvalue weighted by Crippen LogP contribution is 2.32. The fraction of sp³-hybridized carbons (Fsp3) is 0.212. The van der Waals surface area contributed by atoms with Crippen LogP contribution in [0.2, 0.25) is 0 Å². The third-order valence-corrected chi connectivity index (χ3v) is 7.61. The highest BCUT2D eigenvalue weighted by molar-refractivity contribution is 7.07. The summed E-state index contributed by atoms with van der Waals surface area (Å²) in [5.74, 6) is 0.578. The number of thiazole rings is 1. The Hall–Kier alpha value is -4.96. The Kier molecular flexibility index (Phi) is 8.87. The summed E-state index contributed by atoms with van der Waals surface area (Å²) in [4.78, 5) is 44.5. The molecule has 3 aromatic carbocycles. The number of aromatic nitrogens is 1. The van der Waals surface area contributed by atoms with Crippen LogP contribution in [0.3, 0.4) is 0 Å². The Morgan fingerprint density at radius 2 is 1.70 bits per heavy atom. The number of rotatable bonds is 9. The summed E-state index contributed by atoms with van der Waals surface area (Å²) in [6, 6.07) is 20.9. The van der Waals surface area contributed by atoms with Crippen molar-refractivity contribution in [2.24, 2.45) is 4.99 Å². The summed E-state index contributed by atoms with van der Waals surface area (Å²) in [6.45, 7) is 7.73. The molecular weight excluding hydrogens is 566 g/mol. The standard InChI is InChI=1S/C33H31N3O6S/c1-5-40-25-15-13-23(14-16-25)30-29(31(38)35-24-10-8-7-9-11-24)20(3)34-33-36(30)32(39)28(43-33)19-22-12-17-26(42-21(4)37)27(18-22)41-6-2/h7-19,30H,5-6H2,1-4H3,(H,35,38)/b28-19-/t30-/m0/s1. The van der Waals surface area contributed by atoms with Crippen molar-refractivity contribution < 1.29 is 23.8 Å². The molecule has 0 saturated carbocycles. The number of para-hydroxylation sites is 1. The van der Waals surface area contributed by atoms with E-state index in [-0.39, 0.29) is 11.5 Å². The summed E-state index contributed by atoms with van der Waals surface area (Å²) < 4.78 is 18.6. The largest absolute Gasteiger partial charge is 0.494 e. The molecule has 43 heavy (non-hydrogen) atoms. The van der Waals surface area contributed by atoms with Crippen LogP contribution >= 0.6 is 11.3 Å². The number of nitrogens with zero attached hydrogens (tertiary/aromatic N) is 2. The van der Waals surface area contributed by atoms with Gasteiger partial charge >= 0.3 is 5.97 Å². The molecule has 0 bridgehead atoms. The second kappa shape index (κ2) is 12.9. The average molecular weight is 598 g/mol. The minimum Gasteiger partial charge on any atom is -0.494 e.